The third-order valence-corrected chi connectivity index (χ3v) is 4.41. The molecule has 0 bridgehead atoms. The van der Waals surface area contributed by atoms with E-state index in [9.17, 15) is 14.4 Å². The molecule has 0 saturated carbocycles. The maximum Gasteiger partial charge on any atom is 0.408 e. The predicted octanol–water partition coefficient (Wildman–Crippen LogP) is 2.91. The lowest BCUT2D eigenvalue weighted by Gasteiger charge is -2.24. The van der Waals surface area contributed by atoms with E-state index < -0.39 is 23.7 Å². The van der Waals surface area contributed by atoms with Crippen LogP contribution in [0, 0.1) is 0 Å². The van der Waals surface area contributed by atoms with E-state index in [-0.39, 0.29) is 18.7 Å². The summed E-state index contributed by atoms with van der Waals surface area (Å²) in [5.74, 6) is -0.106. The molecular formula is C20H27ClN2O6. The van der Waals surface area contributed by atoms with Crippen LogP contribution in [-0.4, -0.2) is 54.8 Å². The second-order valence-electron chi connectivity index (χ2n) is 7.68. The van der Waals surface area contributed by atoms with Crippen molar-refractivity contribution in [1.29, 1.82) is 0 Å². The molecule has 1 unspecified atom stereocenters. The molecule has 2 amide bonds. The molecular weight excluding hydrogens is 400 g/mol. The molecule has 1 heterocycles. The highest BCUT2D eigenvalue weighted by Crippen LogP contribution is 2.26. The smallest absolute Gasteiger partial charge is 0.408 e. The minimum Gasteiger partial charge on any atom is -0.491 e. The number of hydrogen-bond donors (Lipinski definition) is 1. The maximum atomic E-state index is 12.7. The Bertz CT molecular complexity index is 762. The number of benzene rings is 1. The van der Waals surface area contributed by atoms with Crippen molar-refractivity contribution in [2.24, 2.45) is 0 Å². The fourth-order valence-electron chi connectivity index (χ4n) is 2.84. The van der Waals surface area contributed by atoms with E-state index >= 15 is 0 Å². The van der Waals surface area contributed by atoms with Crippen molar-refractivity contribution < 1.29 is 28.6 Å². The summed E-state index contributed by atoms with van der Waals surface area (Å²) in [4.78, 5) is 38.4. The Balaban J connectivity index is 1.98. The molecule has 1 aliphatic rings. The molecule has 1 aromatic rings. The Labute approximate surface area is 175 Å². The number of methoxy groups -OCH3 is 1. The zero-order valence-corrected chi connectivity index (χ0v) is 17.9. The summed E-state index contributed by atoms with van der Waals surface area (Å²) < 4.78 is 15.6. The van der Waals surface area contributed by atoms with Crippen molar-refractivity contribution in [1.82, 2.24) is 10.2 Å². The molecule has 0 radical (unpaired) electrons. The van der Waals surface area contributed by atoms with Crippen LogP contribution in [0.25, 0.3) is 0 Å². The van der Waals surface area contributed by atoms with Crippen LogP contribution in [-0.2, 0) is 25.6 Å². The summed E-state index contributed by atoms with van der Waals surface area (Å²) in [6, 6.07) is 4.30. The van der Waals surface area contributed by atoms with Gasteiger partial charge in [-0.2, -0.15) is 0 Å². The van der Waals surface area contributed by atoms with Crippen molar-refractivity contribution in [3.63, 3.8) is 0 Å². The topological polar surface area (TPSA) is 94.2 Å². The summed E-state index contributed by atoms with van der Waals surface area (Å²) in [5.41, 5.74) is 0.112. The van der Waals surface area contributed by atoms with Gasteiger partial charge in [0.2, 0.25) is 5.91 Å². The first kappa shape index (κ1) is 22.8. The van der Waals surface area contributed by atoms with E-state index in [0.29, 0.717) is 30.5 Å². The van der Waals surface area contributed by atoms with Gasteiger partial charge in [0.05, 0.1) is 13.7 Å². The number of nitrogens with one attached hydrogen (secondary N) is 1. The molecule has 2 rings (SSSR count). The number of hydrogen-bond acceptors (Lipinski definition) is 6. The lowest BCUT2D eigenvalue weighted by molar-refractivity contribution is -0.143. The zero-order chi connectivity index (χ0) is 21.6. The number of rotatable bonds is 5. The minimum absolute atomic E-state index is 0.0471. The van der Waals surface area contributed by atoms with Gasteiger partial charge in [-0.3, -0.25) is 4.79 Å². The lowest BCUT2D eigenvalue weighted by atomic mass is 10.1. The average Bonchev–Trinajstić information content (AvgIpc) is 2.84. The van der Waals surface area contributed by atoms with Gasteiger partial charge in [-0.25, -0.2) is 9.59 Å². The molecule has 0 fully saturated rings. The van der Waals surface area contributed by atoms with Gasteiger partial charge in [0.1, 0.15) is 24.0 Å². The van der Waals surface area contributed by atoms with Crippen LogP contribution < -0.4 is 10.1 Å². The van der Waals surface area contributed by atoms with Crippen molar-refractivity contribution in [3.05, 3.63) is 28.8 Å². The highest BCUT2D eigenvalue weighted by atomic mass is 35.5. The maximum absolute atomic E-state index is 12.7. The van der Waals surface area contributed by atoms with E-state index in [1.807, 2.05) is 0 Å². The summed E-state index contributed by atoms with van der Waals surface area (Å²) >= 11 is 6.04. The molecule has 0 aromatic heterocycles. The highest BCUT2D eigenvalue weighted by molar-refractivity contribution is 6.30. The van der Waals surface area contributed by atoms with Crippen molar-refractivity contribution in [3.8, 4) is 5.75 Å². The van der Waals surface area contributed by atoms with Gasteiger partial charge in [-0.1, -0.05) is 11.6 Å². The van der Waals surface area contributed by atoms with E-state index in [0.717, 1.165) is 5.56 Å². The van der Waals surface area contributed by atoms with E-state index in [1.54, 1.807) is 43.9 Å². The van der Waals surface area contributed by atoms with Crippen LogP contribution in [0.4, 0.5) is 4.79 Å². The average molecular weight is 427 g/mol. The Morgan fingerprint density at radius 3 is 2.69 bits per heavy atom. The third-order valence-electron chi connectivity index (χ3n) is 4.18. The number of alkyl carbamates (subject to hydrolysis) is 1. The van der Waals surface area contributed by atoms with Crippen LogP contribution in [0.2, 0.25) is 5.02 Å². The quantitative estimate of drug-likeness (QED) is 0.727. The standard InChI is InChI=1S/C20H27ClN2O6/c1-20(2,3)29-19(26)22-15(18(25)27-4)6-8-17(24)23-9-10-28-16-7-5-14(21)11-13(16)12-23/h5,7,11,15H,6,8-10,12H2,1-4H3,(H,22,26). The van der Waals surface area contributed by atoms with Gasteiger partial charge in [0.15, 0.2) is 0 Å². The van der Waals surface area contributed by atoms with Crippen molar-refractivity contribution >= 4 is 29.6 Å². The largest absolute Gasteiger partial charge is 0.491 e. The van der Waals surface area contributed by atoms with Gasteiger partial charge in [-0.05, 0) is 45.4 Å². The SMILES string of the molecule is COC(=O)C(CCC(=O)N1CCOc2ccc(Cl)cc2C1)NC(=O)OC(C)(C)C. The Hall–Kier alpha value is -2.48. The predicted molar refractivity (Wildman–Crippen MR) is 107 cm³/mol. The number of carbonyl (C=O) groups is 3. The Morgan fingerprint density at radius 1 is 1.31 bits per heavy atom. The normalized spacial score (nSPS) is 14.7. The van der Waals surface area contributed by atoms with Gasteiger partial charge >= 0.3 is 12.1 Å². The number of esters is 1. The van der Waals surface area contributed by atoms with Crippen molar-refractivity contribution in [2.75, 3.05) is 20.3 Å². The van der Waals surface area contributed by atoms with Crippen molar-refractivity contribution in [2.45, 2.75) is 51.8 Å². The van der Waals surface area contributed by atoms with Gasteiger partial charge in [0.25, 0.3) is 0 Å². The molecule has 1 atom stereocenters. The van der Waals surface area contributed by atoms with E-state index in [1.165, 1.54) is 7.11 Å². The second-order valence-corrected chi connectivity index (χ2v) is 8.11. The number of ether oxygens (including phenoxy) is 3. The molecule has 29 heavy (non-hydrogen) atoms. The highest BCUT2D eigenvalue weighted by Gasteiger charge is 2.27. The number of fused-ring (bicyclic) bond motifs is 1. The minimum atomic E-state index is -0.983. The van der Waals surface area contributed by atoms with E-state index in [2.05, 4.69) is 5.32 Å². The summed E-state index contributed by atoms with van der Waals surface area (Å²) in [7, 11) is 1.22. The van der Waals surface area contributed by atoms with Crippen LogP contribution in [0.5, 0.6) is 5.75 Å². The molecule has 1 N–H and O–H groups in total. The summed E-state index contributed by atoms with van der Waals surface area (Å²) in [5, 5.41) is 3.03. The Kier molecular flexibility index (Phi) is 7.73. The molecule has 1 aliphatic heterocycles. The van der Waals surface area contributed by atoms with Gasteiger partial charge in [0, 0.05) is 23.6 Å². The van der Waals surface area contributed by atoms with Crippen LogP contribution in [0.15, 0.2) is 18.2 Å². The van der Waals surface area contributed by atoms with Crippen LogP contribution in [0.1, 0.15) is 39.2 Å². The summed E-state index contributed by atoms with van der Waals surface area (Å²) in [6.07, 6.45) is -0.609. The molecule has 0 aliphatic carbocycles. The first-order valence-electron chi connectivity index (χ1n) is 9.35. The zero-order valence-electron chi connectivity index (χ0n) is 17.1. The molecule has 0 saturated heterocycles. The lowest BCUT2D eigenvalue weighted by Crippen LogP contribution is -2.44. The fourth-order valence-corrected chi connectivity index (χ4v) is 3.04. The molecule has 9 heteroatoms. The number of amides is 2. The first-order chi connectivity index (χ1) is 13.6. The number of carbonyl (C=O) groups excluding carboxylic acids is 3. The van der Waals surface area contributed by atoms with E-state index in [4.69, 9.17) is 25.8 Å². The molecule has 0 spiro atoms. The third kappa shape index (κ3) is 7.12. The molecule has 1 aromatic carbocycles. The second kappa shape index (κ2) is 9.82. The van der Waals surface area contributed by atoms with Gasteiger partial charge in [-0.15, -0.1) is 0 Å². The van der Waals surface area contributed by atoms with Crippen LogP contribution >= 0.6 is 11.6 Å². The summed E-state index contributed by atoms with van der Waals surface area (Å²) in [6.45, 7) is 6.28. The molecule has 8 nitrogen and oxygen atoms in total. The monoisotopic (exact) mass is 426 g/mol. The number of nitrogens with zero attached hydrogens (tertiary/aromatic N) is 1. The Morgan fingerprint density at radius 2 is 2.03 bits per heavy atom. The first-order valence-corrected chi connectivity index (χ1v) is 9.73. The van der Waals surface area contributed by atoms with Crippen LogP contribution in [0.3, 0.4) is 0 Å². The number of halogens is 1. The molecule has 160 valence electrons. The van der Waals surface area contributed by atoms with Gasteiger partial charge < -0.3 is 24.4 Å². The fraction of sp³-hybridized carbons (Fsp3) is 0.550.